The number of carboxylic acid groups (broad SMARTS) is 1. The summed E-state index contributed by atoms with van der Waals surface area (Å²) in [5.41, 5.74) is -1.61. The van der Waals surface area contributed by atoms with Crippen LogP contribution < -0.4 is 5.32 Å². The Bertz CT molecular complexity index is 734. The molecule has 1 aliphatic rings. The fourth-order valence-electron chi connectivity index (χ4n) is 1.82. The summed E-state index contributed by atoms with van der Waals surface area (Å²) in [6.45, 7) is 2.25. The summed E-state index contributed by atoms with van der Waals surface area (Å²) in [6, 6.07) is 1.01. The summed E-state index contributed by atoms with van der Waals surface area (Å²) in [5, 5.41) is 12.1. The number of nitrogens with zero attached hydrogens (tertiary/aromatic N) is 1. The van der Waals surface area contributed by atoms with Gasteiger partial charge in [0.1, 0.15) is 9.75 Å². The number of amides is 2. The van der Waals surface area contributed by atoms with Crippen LogP contribution >= 0.6 is 11.3 Å². The van der Waals surface area contributed by atoms with E-state index in [4.69, 9.17) is 5.11 Å². The zero-order valence-electron chi connectivity index (χ0n) is 11.1. The van der Waals surface area contributed by atoms with Crippen LogP contribution in [0.15, 0.2) is 15.7 Å². The van der Waals surface area contributed by atoms with Crippen LogP contribution in [0.3, 0.4) is 0 Å². The Hall–Kier alpha value is -1.78. The van der Waals surface area contributed by atoms with Gasteiger partial charge in [-0.05, 0) is 19.9 Å². The Kier molecular flexibility index (Phi) is 3.64. The summed E-state index contributed by atoms with van der Waals surface area (Å²) in [6.07, 6.45) is 0. The van der Waals surface area contributed by atoms with Crippen molar-refractivity contribution >= 4 is 39.1 Å². The molecule has 1 aromatic rings. The lowest BCUT2D eigenvalue weighted by Gasteiger charge is -2.38. The number of sulfonamides is 1. The molecule has 1 aliphatic heterocycles. The quantitative estimate of drug-likeness (QED) is 0.744. The predicted octanol–water partition coefficient (Wildman–Crippen LogP) is -0.128. The Labute approximate surface area is 124 Å². The molecule has 0 unspecified atom stereocenters. The highest BCUT2D eigenvalue weighted by atomic mass is 32.2. The number of carboxylic acids is 1. The number of carbonyl (C=O) groups excluding carboxylic acids is 2. The molecule has 21 heavy (non-hydrogen) atoms. The van der Waals surface area contributed by atoms with Gasteiger partial charge in [0.05, 0.1) is 12.1 Å². The van der Waals surface area contributed by atoms with Crippen LogP contribution in [0.25, 0.3) is 0 Å². The topological polar surface area (TPSA) is 121 Å². The fourth-order valence-corrected chi connectivity index (χ4v) is 4.79. The summed E-state index contributed by atoms with van der Waals surface area (Å²) in [5.74, 6) is -2.70. The van der Waals surface area contributed by atoms with E-state index in [0.29, 0.717) is 0 Å². The van der Waals surface area contributed by atoms with Gasteiger partial charge in [0.15, 0.2) is 0 Å². The maximum atomic E-state index is 12.5. The molecule has 10 heteroatoms. The molecular formula is C11H12N2O6S2. The van der Waals surface area contributed by atoms with Gasteiger partial charge >= 0.3 is 5.97 Å². The van der Waals surface area contributed by atoms with Crippen molar-refractivity contribution in [3.8, 4) is 0 Å². The first-order valence-corrected chi connectivity index (χ1v) is 8.07. The molecule has 0 aromatic carbocycles. The highest BCUT2D eigenvalue weighted by molar-refractivity contribution is 7.91. The van der Waals surface area contributed by atoms with Crippen molar-refractivity contribution in [2.75, 3.05) is 6.54 Å². The lowest BCUT2D eigenvalue weighted by atomic mass is 10.0. The molecule has 114 valence electrons. The van der Waals surface area contributed by atoms with E-state index in [1.54, 1.807) is 0 Å². The van der Waals surface area contributed by atoms with Gasteiger partial charge in [0.2, 0.25) is 11.8 Å². The summed E-state index contributed by atoms with van der Waals surface area (Å²) in [7, 11) is -4.14. The molecule has 2 N–H and O–H groups in total. The second-order valence-electron chi connectivity index (χ2n) is 4.91. The van der Waals surface area contributed by atoms with Crippen LogP contribution in [0.1, 0.15) is 24.2 Å². The fraction of sp³-hybridized carbons (Fsp3) is 0.364. The molecule has 2 amide bonds. The van der Waals surface area contributed by atoms with Crippen LogP contribution in [0.2, 0.25) is 0 Å². The third-order valence-electron chi connectivity index (χ3n) is 3.09. The molecule has 1 fully saturated rings. The third kappa shape index (κ3) is 2.57. The zero-order valence-corrected chi connectivity index (χ0v) is 12.7. The van der Waals surface area contributed by atoms with Crippen LogP contribution in [0.4, 0.5) is 0 Å². The molecule has 0 spiro atoms. The van der Waals surface area contributed by atoms with Gasteiger partial charge < -0.3 is 5.11 Å². The van der Waals surface area contributed by atoms with Gasteiger partial charge in [0, 0.05) is 5.38 Å². The molecule has 1 aromatic heterocycles. The van der Waals surface area contributed by atoms with E-state index in [-0.39, 0.29) is 9.77 Å². The summed E-state index contributed by atoms with van der Waals surface area (Å²) >= 11 is 0.728. The van der Waals surface area contributed by atoms with Crippen molar-refractivity contribution in [2.45, 2.75) is 23.6 Å². The number of aromatic carboxylic acids is 1. The minimum absolute atomic E-state index is 0.163. The van der Waals surface area contributed by atoms with Crippen molar-refractivity contribution in [3.63, 3.8) is 0 Å². The molecule has 0 saturated carbocycles. The highest BCUT2D eigenvalue weighted by Gasteiger charge is 2.48. The van der Waals surface area contributed by atoms with Gasteiger partial charge in [-0.1, -0.05) is 0 Å². The first kappa shape index (κ1) is 15.6. The average Bonchev–Trinajstić information content (AvgIpc) is 2.84. The zero-order chi connectivity index (χ0) is 16.0. The van der Waals surface area contributed by atoms with E-state index in [9.17, 15) is 22.8 Å². The highest BCUT2D eigenvalue weighted by Crippen LogP contribution is 2.30. The number of imide groups is 1. The van der Waals surface area contributed by atoms with Gasteiger partial charge in [-0.3, -0.25) is 14.9 Å². The van der Waals surface area contributed by atoms with E-state index < -0.39 is 39.9 Å². The number of piperazine rings is 1. The predicted molar refractivity (Wildman–Crippen MR) is 72.4 cm³/mol. The summed E-state index contributed by atoms with van der Waals surface area (Å²) < 4.78 is 25.6. The molecule has 1 saturated heterocycles. The van der Waals surface area contributed by atoms with Crippen molar-refractivity contribution in [1.29, 1.82) is 0 Å². The smallest absolute Gasteiger partial charge is 0.336 e. The van der Waals surface area contributed by atoms with Crippen LogP contribution in [0, 0.1) is 0 Å². The molecule has 0 radical (unpaired) electrons. The number of rotatable bonds is 3. The second kappa shape index (κ2) is 4.90. The van der Waals surface area contributed by atoms with Gasteiger partial charge in [0.25, 0.3) is 10.0 Å². The number of nitrogens with one attached hydrogen (secondary N) is 1. The van der Waals surface area contributed by atoms with Crippen molar-refractivity contribution < 1.29 is 27.9 Å². The molecule has 2 rings (SSSR count). The van der Waals surface area contributed by atoms with Crippen LogP contribution in [-0.4, -0.2) is 47.7 Å². The second-order valence-corrected chi connectivity index (χ2v) is 7.91. The van der Waals surface area contributed by atoms with E-state index in [2.05, 4.69) is 5.32 Å². The number of carbonyl (C=O) groups is 3. The number of hydrogen-bond donors (Lipinski definition) is 2. The minimum atomic E-state index is -4.14. The van der Waals surface area contributed by atoms with E-state index >= 15 is 0 Å². The Balaban J connectivity index is 2.48. The lowest BCUT2D eigenvalue weighted by molar-refractivity contribution is -0.141. The molecule has 0 aliphatic carbocycles. The largest absolute Gasteiger partial charge is 0.478 e. The van der Waals surface area contributed by atoms with E-state index in [1.807, 2.05) is 0 Å². The third-order valence-corrected chi connectivity index (χ3v) is 6.52. The average molecular weight is 332 g/mol. The normalized spacial score (nSPS) is 19.3. The standard InChI is InChI=1S/C11H12N2O6S2/c1-11(2)10(17)12-7(14)4-13(11)21(18,19)8-3-6(5-20-8)9(15)16/h3,5H,4H2,1-2H3,(H,15,16)(H,12,14,17). The minimum Gasteiger partial charge on any atom is -0.478 e. The number of hydrogen-bond acceptors (Lipinski definition) is 6. The molecule has 0 bridgehead atoms. The molecule has 0 atom stereocenters. The molecule has 2 heterocycles. The summed E-state index contributed by atoms with van der Waals surface area (Å²) in [4.78, 5) is 34.1. The Morgan fingerprint density at radius 1 is 1.43 bits per heavy atom. The maximum absolute atomic E-state index is 12.5. The Morgan fingerprint density at radius 2 is 2.05 bits per heavy atom. The Morgan fingerprint density at radius 3 is 2.57 bits per heavy atom. The van der Waals surface area contributed by atoms with Gasteiger partial charge in [-0.25, -0.2) is 13.2 Å². The van der Waals surface area contributed by atoms with E-state index in [1.165, 1.54) is 19.2 Å². The van der Waals surface area contributed by atoms with Gasteiger partial charge in [-0.15, -0.1) is 11.3 Å². The van der Waals surface area contributed by atoms with E-state index in [0.717, 1.165) is 21.7 Å². The first-order chi connectivity index (χ1) is 9.56. The monoisotopic (exact) mass is 332 g/mol. The first-order valence-electron chi connectivity index (χ1n) is 5.76. The van der Waals surface area contributed by atoms with Crippen molar-refractivity contribution in [3.05, 3.63) is 17.0 Å². The van der Waals surface area contributed by atoms with Crippen molar-refractivity contribution in [2.24, 2.45) is 0 Å². The van der Waals surface area contributed by atoms with Crippen molar-refractivity contribution in [1.82, 2.24) is 9.62 Å². The molecule has 8 nitrogen and oxygen atoms in total. The molecular weight excluding hydrogens is 320 g/mol. The van der Waals surface area contributed by atoms with Crippen LogP contribution in [-0.2, 0) is 19.6 Å². The number of thiophene rings is 1. The van der Waals surface area contributed by atoms with Crippen LogP contribution in [0.5, 0.6) is 0 Å². The maximum Gasteiger partial charge on any atom is 0.336 e. The van der Waals surface area contributed by atoms with Gasteiger partial charge in [-0.2, -0.15) is 4.31 Å². The SMILES string of the molecule is CC1(C)C(=O)NC(=O)CN1S(=O)(=O)c1cc(C(=O)O)cs1. The lowest BCUT2D eigenvalue weighted by Crippen LogP contribution is -2.65.